The minimum atomic E-state index is 0.549. The number of aromatic nitrogens is 2. The van der Waals surface area contributed by atoms with E-state index in [1.54, 1.807) is 11.3 Å². The lowest BCUT2D eigenvalue weighted by atomic mass is 9.89. The number of hydrogen-bond acceptors (Lipinski definition) is 4. The molecule has 0 aliphatic carbocycles. The Morgan fingerprint density at radius 2 is 2.30 bits per heavy atom. The first kappa shape index (κ1) is 12.4. The quantitative estimate of drug-likeness (QED) is 0.893. The molecule has 2 aromatic heterocycles. The molecule has 2 aliphatic rings. The maximum Gasteiger partial charge on any atom is 0.125 e. The predicted octanol–water partition coefficient (Wildman–Crippen LogP) is 2.97. The largest absolute Gasteiger partial charge is 0.370 e. The second kappa shape index (κ2) is 5.22. The molecule has 4 nitrogen and oxygen atoms in total. The average molecular weight is 288 g/mol. The maximum atomic E-state index is 4.89. The van der Waals surface area contributed by atoms with Gasteiger partial charge in [0.2, 0.25) is 0 Å². The van der Waals surface area contributed by atoms with E-state index in [2.05, 4.69) is 38.9 Å². The van der Waals surface area contributed by atoms with Crippen LogP contribution in [0.4, 0.5) is 5.82 Å². The average Bonchev–Trinajstić information content (AvgIpc) is 3.16. The third-order valence-electron chi connectivity index (χ3n) is 4.45. The SMILES string of the molecule is c1csc(-c2cc3n(n2)C(C2CCCNC2)CCN3)c1. The van der Waals surface area contributed by atoms with E-state index in [0.29, 0.717) is 6.04 Å². The first-order valence-electron chi connectivity index (χ1n) is 7.50. The van der Waals surface area contributed by atoms with Crippen molar-refractivity contribution in [3.8, 4) is 10.6 Å². The molecule has 1 saturated heterocycles. The van der Waals surface area contributed by atoms with Gasteiger partial charge in [-0.15, -0.1) is 11.3 Å². The van der Waals surface area contributed by atoms with Crippen LogP contribution in [0.3, 0.4) is 0 Å². The molecule has 5 heteroatoms. The van der Waals surface area contributed by atoms with E-state index in [9.17, 15) is 0 Å². The Bertz CT molecular complexity index is 569. The van der Waals surface area contributed by atoms with Gasteiger partial charge in [0.25, 0.3) is 0 Å². The second-order valence-electron chi connectivity index (χ2n) is 5.73. The van der Waals surface area contributed by atoms with Gasteiger partial charge in [-0.1, -0.05) is 6.07 Å². The summed E-state index contributed by atoms with van der Waals surface area (Å²) >= 11 is 1.76. The molecule has 4 rings (SSSR count). The van der Waals surface area contributed by atoms with Crippen LogP contribution in [0.15, 0.2) is 23.6 Å². The lowest BCUT2D eigenvalue weighted by Gasteiger charge is -2.34. The van der Waals surface area contributed by atoms with Crippen LogP contribution in [0, 0.1) is 5.92 Å². The van der Waals surface area contributed by atoms with Crippen LogP contribution >= 0.6 is 11.3 Å². The highest BCUT2D eigenvalue weighted by Gasteiger charge is 2.30. The van der Waals surface area contributed by atoms with Gasteiger partial charge in [0.05, 0.1) is 10.9 Å². The van der Waals surface area contributed by atoms with Crippen LogP contribution in [-0.4, -0.2) is 29.4 Å². The summed E-state index contributed by atoms with van der Waals surface area (Å²) < 4.78 is 2.25. The van der Waals surface area contributed by atoms with Crippen LogP contribution in [-0.2, 0) is 0 Å². The summed E-state index contributed by atoms with van der Waals surface area (Å²) in [6.07, 6.45) is 3.80. The van der Waals surface area contributed by atoms with E-state index in [-0.39, 0.29) is 0 Å². The fourth-order valence-corrected chi connectivity index (χ4v) is 4.12. The molecule has 2 aliphatic heterocycles. The van der Waals surface area contributed by atoms with Gasteiger partial charge >= 0.3 is 0 Å². The number of thiophene rings is 1. The van der Waals surface area contributed by atoms with Crippen molar-refractivity contribution in [1.29, 1.82) is 0 Å². The second-order valence-corrected chi connectivity index (χ2v) is 6.67. The van der Waals surface area contributed by atoms with Gasteiger partial charge in [-0.3, -0.25) is 0 Å². The molecule has 20 heavy (non-hydrogen) atoms. The highest BCUT2D eigenvalue weighted by atomic mass is 32.1. The van der Waals surface area contributed by atoms with Gasteiger partial charge in [-0.2, -0.15) is 5.10 Å². The first-order valence-corrected chi connectivity index (χ1v) is 8.38. The topological polar surface area (TPSA) is 41.9 Å². The van der Waals surface area contributed by atoms with Gasteiger partial charge < -0.3 is 10.6 Å². The Balaban J connectivity index is 1.66. The smallest absolute Gasteiger partial charge is 0.125 e. The number of rotatable bonds is 2. The van der Waals surface area contributed by atoms with Gasteiger partial charge in [0.15, 0.2) is 0 Å². The van der Waals surface area contributed by atoms with Crippen molar-refractivity contribution >= 4 is 17.2 Å². The predicted molar refractivity (Wildman–Crippen MR) is 83.3 cm³/mol. The van der Waals surface area contributed by atoms with E-state index in [4.69, 9.17) is 5.10 Å². The van der Waals surface area contributed by atoms with Gasteiger partial charge in [0.1, 0.15) is 11.5 Å². The Hall–Kier alpha value is -1.33. The summed E-state index contributed by atoms with van der Waals surface area (Å²) in [7, 11) is 0. The molecule has 2 aromatic rings. The van der Waals surface area contributed by atoms with E-state index in [1.807, 2.05) is 0 Å². The molecule has 0 bridgehead atoms. The van der Waals surface area contributed by atoms with Crippen molar-refractivity contribution in [2.24, 2.45) is 5.92 Å². The Labute approximate surface area is 123 Å². The molecule has 0 amide bonds. The van der Waals surface area contributed by atoms with Crippen LogP contribution < -0.4 is 10.6 Å². The molecule has 0 aromatic carbocycles. The van der Waals surface area contributed by atoms with Crippen molar-refractivity contribution in [1.82, 2.24) is 15.1 Å². The van der Waals surface area contributed by atoms with Crippen molar-refractivity contribution in [3.63, 3.8) is 0 Å². The number of hydrogen-bond donors (Lipinski definition) is 2. The molecule has 4 heterocycles. The molecule has 1 fully saturated rings. The van der Waals surface area contributed by atoms with Crippen molar-refractivity contribution < 1.29 is 0 Å². The van der Waals surface area contributed by atoms with Crippen LogP contribution in [0.2, 0.25) is 0 Å². The Kier molecular flexibility index (Phi) is 3.24. The minimum absolute atomic E-state index is 0.549. The summed E-state index contributed by atoms with van der Waals surface area (Å²) in [5, 5.41) is 14.0. The van der Waals surface area contributed by atoms with E-state index in [1.165, 1.54) is 36.5 Å². The zero-order chi connectivity index (χ0) is 13.4. The monoisotopic (exact) mass is 288 g/mol. The van der Waals surface area contributed by atoms with Crippen LogP contribution in [0.25, 0.3) is 10.6 Å². The molecule has 2 atom stereocenters. The summed E-state index contributed by atoms with van der Waals surface area (Å²) in [6, 6.07) is 6.99. The third-order valence-corrected chi connectivity index (χ3v) is 5.34. The fourth-order valence-electron chi connectivity index (χ4n) is 3.44. The summed E-state index contributed by atoms with van der Waals surface area (Å²) in [5.74, 6) is 1.91. The number of nitrogens with one attached hydrogen (secondary N) is 2. The molecule has 0 radical (unpaired) electrons. The van der Waals surface area contributed by atoms with Gasteiger partial charge in [-0.25, -0.2) is 4.68 Å². The van der Waals surface area contributed by atoms with Gasteiger partial charge in [-0.05, 0) is 49.7 Å². The van der Waals surface area contributed by atoms with Crippen LogP contribution in [0.5, 0.6) is 0 Å². The normalized spacial score (nSPS) is 26.0. The summed E-state index contributed by atoms with van der Waals surface area (Å²) in [5.41, 5.74) is 1.11. The highest BCUT2D eigenvalue weighted by Crippen LogP contribution is 2.35. The highest BCUT2D eigenvalue weighted by molar-refractivity contribution is 7.13. The number of piperidine rings is 1. The number of nitrogens with zero attached hydrogens (tertiary/aromatic N) is 2. The van der Waals surface area contributed by atoms with Gasteiger partial charge in [0, 0.05) is 12.6 Å². The van der Waals surface area contributed by atoms with E-state index in [0.717, 1.165) is 24.7 Å². The van der Waals surface area contributed by atoms with E-state index >= 15 is 0 Å². The summed E-state index contributed by atoms with van der Waals surface area (Å²) in [6.45, 7) is 3.38. The number of anilines is 1. The van der Waals surface area contributed by atoms with Crippen molar-refractivity contribution in [3.05, 3.63) is 23.6 Å². The maximum absolute atomic E-state index is 4.89. The van der Waals surface area contributed by atoms with E-state index < -0.39 is 0 Å². The Morgan fingerprint density at radius 3 is 3.10 bits per heavy atom. The molecule has 106 valence electrons. The molecule has 0 saturated carbocycles. The summed E-state index contributed by atoms with van der Waals surface area (Å²) in [4.78, 5) is 1.26. The standard InChI is InChI=1S/C15H20N4S/c1-3-11(10-16-6-1)13-5-7-17-15-9-12(18-19(13)15)14-4-2-8-20-14/h2,4,8-9,11,13,16-17H,1,3,5-7,10H2. The molecular weight excluding hydrogens is 268 g/mol. The van der Waals surface area contributed by atoms with Crippen molar-refractivity contribution in [2.75, 3.05) is 25.0 Å². The first-order chi connectivity index (χ1) is 9.92. The fraction of sp³-hybridized carbons (Fsp3) is 0.533. The zero-order valence-electron chi connectivity index (χ0n) is 11.5. The minimum Gasteiger partial charge on any atom is -0.370 e. The zero-order valence-corrected chi connectivity index (χ0v) is 12.3. The lowest BCUT2D eigenvalue weighted by Crippen LogP contribution is -2.38. The number of fused-ring (bicyclic) bond motifs is 1. The molecular formula is C15H20N4S. The lowest BCUT2D eigenvalue weighted by molar-refractivity contribution is 0.236. The third kappa shape index (κ3) is 2.15. The van der Waals surface area contributed by atoms with Crippen molar-refractivity contribution in [2.45, 2.75) is 25.3 Å². The molecule has 2 unspecified atom stereocenters. The molecule has 2 N–H and O–H groups in total. The Morgan fingerprint density at radius 1 is 1.30 bits per heavy atom. The van der Waals surface area contributed by atoms with Crippen LogP contribution in [0.1, 0.15) is 25.3 Å². The molecule has 0 spiro atoms.